The van der Waals surface area contributed by atoms with Crippen molar-refractivity contribution in [3.05, 3.63) is 22.5 Å². The van der Waals surface area contributed by atoms with Gasteiger partial charge in [0.15, 0.2) is 9.84 Å². The summed E-state index contributed by atoms with van der Waals surface area (Å²) in [5.41, 5.74) is 0.362. The molecular formula is C14H17NO5S. The minimum absolute atomic E-state index is 0.131. The van der Waals surface area contributed by atoms with E-state index in [1.54, 1.807) is 6.92 Å². The molecule has 0 aromatic heterocycles. The van der Waals surface area contributed by atoms with Crippen LogP contribution in [0.2, 0.25) is 0 Å². The average Bonchev–Trinajstić information content (AvgIpc) is 2.70. The molecule has 0 aromatic carbocycles. The molecule has 2 atom stereocenters. The van der Waals surface area contributed by atoms with Crippen molar-refractivity contribution in [1.82, 2.24) is 5.32 Å². The van der Waals surface area contributed by atoms with E-state index in [0.29, 0.717) is 5.57 Å². The third-order valence-electron chi connectivity index (χ3n) is 2.77. The van der Waals surface area contributed by atoms with Crippen LogP contribution in [0.5, 0.6) is 0 Å². The van der Waals surface area contributed by atoms with Gasteiger partial charge in [-0.05, 0) is 18.6 Å². The van der Waals surface area contributed by atoms with E-state index in [2.05, 4.69) is 11.2 Å². The summed E-state index contributed by atoms with van der Waals surface area (Å²) in [5, 5.41) is 4.64. The SMILES string of the molecule is C#C[C@H](C1=CS(=O)(=O)C=C1)[C@H](CC(=O)OCC)NC(C)=O. The van der Waals surface area contributed by atoms with Gasteiger partial charge in [-0.15, -0.1) is 6.42 Å². The first-order chi connectivity index (χ1) is 9.79. The monoisotopic (exact) mass is 311 g/mol. The predicted octanol–water partition coefficient (Wildman–Crippen LogP) is 0.520. The number of esters is 1. The lowest BCUT2D eigenvalue weighted by atomic mass is 9.90. The smallest absolute Gasteiger partial charge is 0.307 e. The number of terminal acetylenes is 1. The molecule has 0 unspecified atom stereocenters. The summed E-state index contributed by atoms with van der Waals surface area (Å²) >= 11 is 0. The molecule has 7 heteroatoms. The van der Waals surface area contributed by atoms with Gasteiger partial charge in [0.25, 0.3) is 0 Å². The van der Waals surface area contributed by atoms with Crippen molar-refractivity contribution in [3.63, 3.8) is 0 Å². The number of amides is 1. The van der Waals surface area contributed by atoms with Gasteiger partial charge in [-0.3, -0.25) is 9.59 Å². The Balaban J connectivity index is 3.00. The van der Waals surface area contributed by atoms with Gasteiger partial charge in [0.05, 0.1) is 25.0 Å². The van der Waals surface area contributed by atoms with Crippen molar-refractivity contribution in [3.8, 4) is 12.3 Å². The molecule has 0 spiro atoms. The summed E-state index contributed by atoms with van der Waals surface area (Å²) in [4.78, 5) is 22.9. The highest BCUT2D eigenvalue weighted by Crippen LogP contribution is 2.25. The third-order valence-corrected chi connectivity index (χ3v) is 3.89. The molecule has 0 saturated carbocycles. The molecule has 1 amide bonds. The Labute approximate surface area is 124 Å². The standard InChI is InChI=1S/C14H17NO5S/c1-4-12(11-6-7-21(18,19)9-11)13(15-10(3)16)8-14(17)20-5-2/h1,6-7,9,12-13H,5,8H2,2-3H3,(H,15,16)/t12-,13+/m1/s1. The highest BCUT2D eigenvalue weighted by atomic mass is 32.2. The number of hydrogen-bond donors (Lipinski definition) is 1. The number of carbonyl (C=O) groups is 2. The van der Waals surface area contributed by atoms with Crippen LogP contribution in [-0.4, -0.2) is 32.9 Å². The molecule has 1 heterocycles. The Morgan fingerprint density at radius 3 is 2.57 bits per heavy atom. The van der Waals surface area contributed by atoms with Crippen LogP contribution in [0.3, 0.4) is 0 Å². The van der Waals surface area contributed by atoms with E-state index in [4.69, 9.17) is 11.2 Å². The van der Waals surface area contributed by atoms with E-state index < -0.39 is 27.8 Å². The normalized spacial score (nSPS) is 18.2. The summed E-state index contributed by atoms with van der Waals surface area (Å²) in [7, 11) is -3.42. The second-order valence-electron chi connectivity index (χ2n) is 4.47. The molecule has 0 saturated heterocycles. The molecule has 6 nitrogen and oxygen atoms in total. The van der Waals surface area contributed by atoms with E-state index in [0.717, 1.165) is 10.8 Å². The summed E-state index contributed by atoms with van der Waals surface area (Å²) in [6.45, 7) is 3.17. The molecule has 0 radical (unpaired) electrons. The largest absolute Gasteiger partial charge is 0.466 e. The lowest BCUT2D eigenvalue weighted by molar-refractivity contribution is -0.143. The molecule has 1 aliphatic heterocycles. The maximum atomic E-state index is 11.6. The lowest BCUT2D eigenvalue weighted by Crippen LogP contribution is -2.41. The van der Waals surface area contributed by atoms with E-state index in [1.165, 1.54) is 13.0 Å². The third kappa shape index (κ3) is 5.08. The summed E-state index contributed by atoms with van der Waals surface area (Å²) < 4.78 is 27.7. The van der Waals surface area contributed by atoms with Crippen LogP contribution < -0.4 is 5.32 Å². The van der Waals surface area contributed by atoms with E-state index in [1.807, 2.05) is 0 Å². The molecule has 0 bridgehead atoms. The minimum atomic E-state index is -3.42. The predicted molar refractivity (Wildman–Crippen MR) is 77.3 cm³/mol. The molecule has 0 aromatic rings. The van der Waals surface area contributed by atoms with Crippen molar-refractivity contribution >= 4 is 21.7 Å². The molecule has 1 aliphatic rings. The summed E-state index contributed by atoms with van der Waals surface area (Å²) in [5.74, 6) is 0.821. The zero-order chi connectivity index (χ0) is 16.0. The zero-order valence-electron chi connectivity index (χ0n) is 11.8. The van der Waals surface area contributed by atoms with Crippen molar-refractivity contribution in [2.45, 2.75) is 26.3 Å². The Morgan fingerprint density at radius 1 is 1.48 bits per heavy atom. The molecule has 114 valence electrons. The second kappa shape index (κ2) is 7.09. The maximum Gasteiger partial charge on any atom is 0.307 e. The fourth-order valence-electron chi connectivity index (χ4n) is 1.98. The summed E-state index contributed by atoms with van der Waals surface area (Å²) in [6.07, 6.45) is 6.69. The average molecular weight is 311 g/mol. The Hall–Kier alpha value is -2.07. The van der Waals surface area contributed by atoms with Gasteiger partial charge < -0.3 is 10.1 Å². The Morgan fingerprint density at radius 2 is 2.14 bits per heavy atom. The number of sulfone groups is 1. The number of allylic oxidation sites excluding steroid dienone is 1. The van der Waals surface area contributed by atoms with Gasteiger partial charge in [0, 0.05) is 17.7 Å². The molecule has 0 aliphatic carbocycles. The van der Waals surface area contributed by atoms with Crippen molar-refractivity contribution in [2.75, 3.05) is 6.61 Å². The van der Waals surface area contributed by atoms with Crippen molar-refractivity contribution in [1.29, 1.82) is 0 Å². The molecular weight excluding hydrogens is 294 g/mol. The first kappa shape index (κ1) is 17.0. The lowest BCUT2D eigenvalue weighted by Gasteiger charge is -2.23. The topological polar surface area (TPSA) is 89.5 Å². The van der Waals surface area contributed by atoms with Crippen molar-refractivity contribution < 1.29 is 22.7 Å². The maximum absolute atomic E-state index is 11.6. The molecule has 21 heavy (non-hydrogen) atoms. The number of ether oxygens (including phenoxy) is 1. The second-order valence-corrected chi connectivity index (χ2v) is 6.16. The van der Waals surface area contributed by atoms with E-state index >= 15 is 0 Å². The van der Waals surface area contributed by atoms with Gasteiger partial charge in [-0.1, -0.05) is 5.92 Å². The first-order valence-electron chi connectivity index (χ1n) is 6.32. The van der Waals surface area contributed by atoms with Gasteiger partial charge in [-0.2, -0.15) is 0 Å². The van der Waals surface area contributed by atoms with E-state index in [9.17, 15) is 18.0 Å². The molecule has 1 N–H and O–H groups in total. The zero-order valence-corrected chi connectivity index (χ0v) is 12.6. The van der Waals surface area contributed by atoms with Crippen LogP contribution in [-0.2, 0) is 24.2 Å². The number of hydrogen-bond acceptors (Lipinski definition) is 5. The Bertz CT molecular complexity index is 624. The van der Waals surface area contributed by atoms with Gasteiger partial charge >= 0.3 is 5.97 Å². The van der Waals surface area contributed by atoms with Crippen LogP contribution >= 0.6 is 0 Å². The van der Waals surface area contributed by atoms with Gasteiger partial charge in [0.1, 0.15) is 0 Å². The quantitative estimate of drug-likeness (QED) is 0.570. The fraction of sp³-hybridized carbons (Fsp3) is 0.429. The molecule has 1 rings (SSSR count). The van der Waals surface area contributed by atoms with Crippen LogP contribution in [0.25, 0.3) is 0 Å². The Kier molecular flexibility index (Phi) is 5.73. The highest BCUT2D eigenvalue weighted by Gasteiger charge is 2.29. The van der Waals surface area contributed by atoms with Crippen LogP contribution in [0.1, 0.15) is 20.3 Å². The molecule has 0 fully saturated rings. The highest BCUT2D eigenvalue weighted by molar-refractivity contribution is 7.97. The van der Waals surface area contributed by atoms with Crippen molar-refractivity contribution in [2.24, 2.45) is 5.92 Å². The van der Waals surface area contributed by atoms with Gasteiger partial charge in [0.2, 0.25) is 5.91 Å². The van der Waals surface area contributed by atoms with Gasteiger partial charge in [-0.25, -0.2) is 8.42 Å². The summed E-state index contributed by atoms with van der Waals surface area (Å²) in [6, 6.07) is -0.726. The number of carbonyl (C=O) groups excluding carboxylic acids is 2. The number of nitrogens with one attached hydrogen (secondary N) is 1. The number of rotatable bonds is 6. The van der Waals surface area contributed by atoms with Crippen LogP contribution in [0.4, 0.5) is 0 Å². The van der Waals surface area contributed by atoms with Crippen LogP contribution in [0.15, 0.2) is 22.5 Å². The minimum Gasteiger partial charge on any atom is -0.466 e. The fourth-order valence-corrected chi connectivity index (χ4v) is 3.01. The first-order valence-corrected chi connectivity index (χ1v) is 7.93. The van der Waals surface area contributed by atoms with Crippen LogP contribution in [0, 0.1) is 18.3 Å². The van der Waals surface area contributed by atoms with E-state index in [-0.39, 0.29) is 18.9 Å².